The van der Waals surface area contributed by atoms with E-state index in [9.17, 15) is 0 Å². The Bertz CT molecular complexity index is 487. The summed E-state index contributed by atoms with van der Waals surface area (Å²) >= 11 is 0. The van der Waals surface area contributed by atoms with E-state index < -0.39 is 0 Å². The van der Waals surface area contributed by atoms with Gasteiger partial charge in [-0.1, -0.05) is 27.2 Å². The molecule has 3 N–H and O–H groups in total. The van der Waals surface area contributed by atoms with Crippen LogP contribution in [-0.2, 0) is 11.3 Å². The summed E-state index contributed by atoms with van der Waals surface area (Å²) in [6, 6.07) is 3.78. The summed E-state index contributed by atoms with van der Waals surface area (Å²) in [7, 11) is 0. The highest BCUT2D eigenvalue weighted by Crippen LogP contribution is 2.35. The van der Waals surface area contributed by atoms with Crippen molar-refractivity contribution in [2.75, 3.05) is 0 Å². The fourth-order valence-corrected chi connectivity index (χ4v) is 3.22. The second kappa shape index (κ2) is 7.03. The molecule has 3 unspecified atom stereocenters. The van der Waals surface area contributed by atoms with E-state index in [4.69, 9.17) is 15.9 Å². The lowest BCUT2D eigenvalue weighted by Crippen LogP contribution is -2.34. The molecule has 0 radical (unpaired) electrons. The quantitative estimate of drug-likeness (QED) is 0.645. The van der Waals surface area contributed by atoms with Crippen molar-refractivity contribution in [3.05, 3.63) is 29.6 Å². The minimum atomic E-state index is 0.00296. The van der Waals surface area contributed by atoms with Gasteiger partial charge in [0.05, 0.1) is 12.7 Å². The van der Waals surface area contributed by atoms with Crippen molar-refractivity contribution in [1.82, 2.24) is 4.98 Å². The van der Waals surface area contributed by atoms with Crippen LogP contribution in [0.15, 0.2) is 18.3 Å². The number of amidine groups is 1. The van der Waals surface area contributed by atoms with Crippen LogP contribution in [0.25, 0.3) is 0 Å². The molecule has 0 bridgehead atoms. The Morgan fingerprint density at radius 2 is 2.24 bits per heavy atom. The number of rotatable bonds is 5. The summed E-state index contributed by atoms with van der Waals surface area (Å²) in [5, 5.41) is 7.45. The zero-order valence-corrected chi connectivity index (χ0v) is 13.3. The fourth-order valence-electron chi connectivity index (χ4n) is 3.22. The number of hydrogen-bond donors (Lipinski definition) is 2. The van der Waals surface area contributed by atoms with E-state index in [0.717, 1.165) is 17.9 Å². The Hall–Kier alpha value is -1.42. The lowest BCUT2D eigenvalue weighted by molar-refractivity contribution is -0.0472. The van der Waals surface area contributed by atoms with Crippen LogP contribution in [-0.4, -0.2) is 16.9 Å². The third-order valence-corrected chi connectivity index (χ3v) is 4.53. The van der Waals surface area contributed by atoms with Gasteiger partial charge in [-0.05, 0) is 48.3 Å². The zero-order valence-electron chi connectivity index (χ0n) is 13.3. The summed E-state index contributed by atoms with van der Waals surface area (Å²) in [6.07, 6.45) is 5.75. The van der Waals surface area contributed by atoms with Crippen LogP contribution in [0, 0.1) is 23.2 Å². The maximum atomic E-state index is 7.45. The van der Waals surface area contributed by atoms with Gasteiger partial charge in [-0.15, -0.1) is 0 Å². The Morgan fingerprint density at radius 3 is 2.90 bits per heavy atom. The molecule has 0 spiro atoms. The maximum Gasteiger partial charge on any atom is 0.141 e. The van der Waals surface area contributed by atoms with Gasteiger partial charge in [0.15, 0.2) is 0 Å². The van der Waals surface area contributed by atoms with Crippen LogP contribution in [0.1, 0.15) is 51.3 Å². The molecule has 21 heavy (non-hydrogen) atoms. The van der Waals surface area contributed by atoms with Gasteiger partial charge in [-0.25, -0.2) is 0 Å². The molecule has 116 valence electrons. The highest BCUT2D eigenvalue weighted by atomic mass is 16.5. The van der Waals surface area contributed by atoms with Crippen molar-refractivity contribution in [2.24, 2.45) is 23.5 Å². The van der Waals surface area contributed by atoms with Gasteiger partial charge in [-0.2, -0.15) is 0 Å². The average molecular weight is 289 g/mol. The molecular weight excluding hydrogens is 262 g/mol. The summed E-state index contributed by atoms with van der Waals surface area (Å²) in [6.45, 7) is 7.46. The van der Waals surface area contributed by atoms with Crippen LogP contribution >= 0.6 is 0 Å². The predicted octanol–water partition coefficient (Wildman–Crippen LogP) is 3.34. The molecule has 1 aromatic heterocycles. The van der Waals surface area contributed by atoms with Crippen molar-refractivity contribution >= 4 is 5.84 Å². The Labute approximate surface area is 127 Å². The largest absolute Gasteiger partial charge is 0.382 e. The minimum absolute atomic E-state index is 0.00296. The standard InChI is InChI=1S/C17H27N3O/c1-11(2)14-5-4-12(3)8-16(14)21-10-13-6-7-20-15(9-13)17(18)19/h6-7,9,11-12,14,16H,4-5,8,10H2,1-3H3,(H3,18,19). The highest BCUT2D eigenvalue weighted by Gasteiger charge is 2.31. The number of nitrogens with one attached hydrogen (secondary N) is 1. The van der Waals surface area contributed by atoms with E-state index in [2.05, 4.69) is 25.8 Å². The molecule has 1 saturated carbocycles. The lowest BCUT2D eigenvalue weighted by atomic mass is 9.75. The number of nitrogens with zero attached hydrogens (tertiary/aromatic N) is 1. The number of hydrogen-bond acceptors (Lipinski definition) is 3. The molecule has 3 atom stereocenters. The topological polar surface area (TPSA) is 72.0 Å². The highest BCUT2D eigenvalue weighted by molar-refractivity contribution is 5.93. The first kappa shape index (κ1) is 16.0. The molecule has 0 amide bonds. The first-order valence-electron chi connectivity index (χ1n) is 7.88. The molecule has 1 aliphatic rings. The third kappa shape index (κ3) is 4.27. The smallest absolute Gasteiger partial charge is 0.141 e. The molecule has 0 aromatic carbocycles. The van der Waals surface area contributed by atoms with E-state index in [1.165, 1.54) is 12.8 Å². The summed E-state index contributed by atoms with van der Waals surface area (Å²) in [4.78, 5) is 4.08. The van der Waals surface area contributed by atoms with Crippen molar-refractivity contribution < 1.29 is 4.74 Å². The molecular formula is C17H27N3O. The fraction of sp³-hybridized carbons (Fsp3) is 0.647. The van der Waals surface area contributed by atoms with Crippen LogP contribution in [0.3, 0.4) is 0 Å². The van der Waals surface area contributed by atoms with Crippen LogP contribution < -0.4 is 5.73 Å². The van der Waals surface area contributed by atoms with Crippen molar-refractivity contribution in [3.8, 4) is 0 Å². The van der Waals surface area contributed by atoms with E-state index in [-0.39, 0.29) is 5.84 Å². The van der Waals surface area contributed by atoms with Gasteiger partial charge in [0, 0.05) is 6.20 Å². The number of ether oxygens (including phenoxy) is 1. The van der Waals surface area contributed by atoms with Crippen molar-refractivity contribution in [1.29, 1.82) is 5.41 Å². The monoisotopic (exact) mass is 289 g/mol. The van der Waals surface area contributed by atoms with Gasteiger partial charge < -0.3 is 10.5 Å². The predicted molar refractivity (Wildman–Crippen MR) is 85.2 cm³/mol. The van der Waals surface area contributed by atoms with Crippen LogP contribution in [0.4, 0.5) is 0 Å². The molecule has 1 heterocycles. The van der Waals surface area contributed by atoms with Crippen molar-refractivity contribution in [2.45, 2.75) is 52.7 Å². The van der Waals surface area contributed by atoms with E-state index in [0.29, 0.717) is 30.2 Å². The molecule has 4 nitrogen and oxygen atoms in total. The van der Waals surface area contributed by atoms with Gasteiger partial charge >= 0.3 is 0 Å². The molecule has 0 aliphatic heterocycles. The van der Waals surface area contributed by atoms with E-state index in [1.807, 2.05) is 12.1 Å². The van der Waals surface area contributed by atoms with E-state index >= 15 is 0 Å². The summed E-state index contributed by atoms with van der Waals surface area (Å²) < 4.78 is 6.21. The Balaban J connectivity index is 2.00. The average Bonchev–Trinajstić information content (AvgIpc) is 2.45. The lowest BCUT2D eigenvalue weighted by Gasteiger charge is -2.37. The zero-order chi connectivity index (χ0) is 15.4. The summed E-state index contributed by atoms with van der Waals surface area (Å²) in [5.41, 5.74) is 7.04. The van der Waals surface area contributed by atoms with Gasteiger partial charge in [0.25, 0.3) is 0 Å². The van der Waals surface area contributed by atoms with Crippen LogP contribution in [0.2, 0.25) is 0 Å². The minimum Gasteiger partial charge on any atom is -0.382 e. The summed E-state index contributed by atoms with van der Waals surface area (Å²) in [5.74, 6) is 2.06. The first-order chi connectivity index (χ1) is 9.97. The van der Waals surface area contributed by atoms with Crippen LogP contribution in [0.5, 0.6) is 0 Å². The molecule has 2 rings (SSSR count). The maximum absolute atomic E-state index is 7.45. The van der Waals surface area contributed by atoms with E-state index in [1.54, 1.807) is 6.20 Å². The molecule has 0 saturated heterocycles. The number of nitrogens with two attached hydrogens (primary N) is 1. The van der Waals surface area contributed by atoms with Gasteiger partial charge in [0.2, 0.25) is 0 Å². The SMILES string of the molecule is CC1CCC(C(C)C)C(OCc2ccnc(C(=N)N)c2)C1. The second-order valence-electron chi connectivity index (χ2n) is 6.64. The second-order valence-corrected chi connectivity index (χ2v) is 6.64. The molecule has 1 aromatic rings. The normalized spacial score (nSPS) is 26.0. The van der Waals surface area contributed by atoms with Crippen molar-refractivity contribution in [3.63, 3.8) is 0 Å². The first-order valence-corrected chi connectivity index (χ1v) is 7.88. The molecule has 4 heteroatoms. The molecule has 1 aliphatic carbocycles. The number of pyridine rings is 1. The Morgan fingerprint density at radius 1 is 1.48 bits per heavy atom. The third-order valence-electron chi connectivity index (χ3n) is 4.53. The molecule has 1 fully saturated rings. The van der Waals surface area contributed by atoms with Gasteiger partial charge in [0.1, 0.15) is 11.5 Å². The number of nitrogen functional groups attached to an aromatic ring is 1. The number of aromatic nitrogens is 1. The Kier molecular flexibility index (Phi) is 5.34. The van der Waals surface area contributed by atoms with Gasteiger partial charge in [-0.3, -0.25) is 10.4 Å².